The van der Waals surface area contributed by atoms with E-state index in [0.717, 1.165) is 13.2 Å². The first-order valence-corrected chi connectivity index (χ1v) is 7.00. The minimum absolute atomic E-state index is 0.133. The van der Waals surface area contributed by atoms with Crippen molar-refractivity contribution in [2.45, 2.75) is 46.0 Å². The zero-order chi connectivity index (χ0) is 12.1. The molecule has 0 spiro atoms. The van der Waals surface area contributed by atoms with Gasteiger partial charge in [0.05, 0.1) is 13.2 Å². The van der Waals surface area contributed by atoms with E-state index in [0.29, 0.717) is 17.9 Å². The number of rotatable bonds is 1. The van der Waals surface area contributed by atoms with Gasteiger partial charge >= 0.3 is 0 Å². The molecule has 1 fully saturated rings. The van der Waals surface area contributed by atoms with E-state index >= 15 is 0 Å². The highest BCUT2D eigenvalue weighted by Gasteiger charge is 2.52. The van der Waals surface area contributed by atoms with Crippen LogP contribution in [0.25, 0.3) is 0 Å². The maximum Gasteiger partial charge on any atom is 0.0690 e. The van der Waals surface area contributed by atoms with Gasteiger partial charge in [-0.3, -0.25) is 0 Å². The zero-order valence-electron chi connectivity index (χ0n) is 11.1. The predicted molar refractivity (Wildman–Crippen MR) is 67.7 cm³/mol. The molecular formula is C15H24O2. The Morgan fingerprint density at radius 1 is 1.29 bits per heavy atom. The predicted octanol–water partition coefficient (Wildman–Crippen LogP) is 2.91. The molecule has 17 heavy (non-hydrogen) atoms. The fourth-order valence-electron chi connectivity index (χ4n) is 4.77. The van der Waals surface area contributed by atoms with E-state index in [1.54, 1.807) is 11.1 Å². The zero-order valence-corrected chi connectivity index (χ0v) is 11.1. The highest BCUT2D eigenvalue weighted by atomic mass is 16.5. The van der Waals surface area contributed by atoms with Gasteiger partial charge in [0, 0.05) is 6.61 Å². The van der Waals surface area contributed by atoms with Crippen LogP contribution in [0.1, 0.15) is 46.0 Å². The summed E-state index contributed by atoms with van der Waals surface area (Å²) in [6, 6.07) is 0. The third-order valence-electron chi connectivity index (χ3n) is 5.79. The molecule has 96 valence electrons. The number of hydrogen-bond donors (Lipinski definition) is 1. The number of aliphatic hydroxyl groups excluding tert-OH is 1. The van der Waals surface area contributed by atoms with Crippen LogP contribution < -0.4 is 0 Å². The third-order valence-corrected chi connectivity index (χ3v) is 5.79. The average molecular weight is 236 g/mol. The van der Waals surface area contributed by atoms with E-state index in [1.807, 2.05) is 0 Å². The Hall–Kier alpha value is -0.340. The quantitative estimate of drug-likeness (QED) is 0.709. The fourth-order valence-corrected chi connectivity index (χ4v) is 4.77. The molecule has 1 N–H and O–H groups in total. The lowest BCUT2D eigenvalue weighted by Gasteiger charge is -2.54. The van der Waals surface area contributed by atoms with Crippen LogP contribution >= 0.6 is 0 Å². The second kappa shape index (κ2) is 3.83. The molecular weight excluding hydrogens is 212 g/mol. The monoisotopic (exact) mass is 236 g/mol. The summed E-state index contributed by atoms with van der Waals surface area (Å²) in [6.07, 6.45) is 6.17. The van der Waals surface area contributed by atoms with Gasteiger partial charge in [-0.2, -0.15) is 0 Å². The van der Waals surface area contributed by atoms with Crippen LogP contribution in [0.3, 0.4) is 0 Å². The smallest absolute Gasteiger partial charge is 0.0690 e. The van der Waals surface area contributed by atoms with E-state index < -0.39 is 0 Å². The normalized spacial score (nSPS) is 45.7. The second-order valence-electron chi connectivity index (χ2n) is 6.75. The van der Waals surface area contributed by atoms with Crippen LogP contribution in [0.2, 0.25) is 0 Å². The highest BCUT2D eigenvalue weighted by Crippen LogP contribution is 2.60. The number of aliphatic hydroxyl groups is 1. The van der Waals surface area contributed by atoms with Gasteiger partial charge in [-0.05, 0) is 53.6 Å². The molecule has 0 saturated heterocycles. The van der Waals surface area contributed by atoms with Crippen LogP contribution in [0, 0.1) is 16.7 Å². The van der Waals surface area contributed by atoms with Crippen molar-refractivity contribution in [2.24, 2.45) is 16.7 Å². The summed E-state index contributed by atoms with van der Waals surface area (Å²) in [5, 5.41) is 9.80. The molecule has 0 aromatic carbocycles. The molecule has 2 aliphatic carbocycles. The molecule has 2 heteroatoms. The van der Waals surface area contributed by atoms with Crippen LogP contribution in [0.15, 0.2) is 11.1 Å². The molecule has 0 aromatic heterocycles. The molecule has 3 atom stereocenters. The van der Waals surface area contributed by atoms with Crippen molar-refractivity contribution in [2.75, 3.05) is 19.8 Å². The molecule has 3 rings (SSSR count). The number of ether oxygens (including phenoxy) is 1. The Labute approximate surface area is 104 Å². The summed E-state index contributed by atoms with van der Waals surface area (Å²) < 4.78 is 5.67. The van der Waals surface area contributed by atoms with Crippen molar-refractivity contribution in [3.8, 4) is 0 Å². The minimum Gasteiger partial charge on any atom is -0.396 e. The standard InChI is InChI=1S/C15H24O2/c1-14(10-16)6-3-7-15(2)12-9-17-8-11(12)4-5-13(14)15/h13,16H,3-10H2,1-2H3. The fraction of sp³-hybridized carbons (Fsp3) is 0.867. The summed E-state index contributed by atoms with van der Waals surface area (Å²) >= 11 is 0. The summed E-state index contributed by atoms with van der Waals surface area (Å²) in [4.78, 5) is 0. The Balaban J connectivity index is 2.01. The van der Waals surface area contributed by atoms with Crippen molar-refractivity contribution < 1.29 is 9.84 Å². The lowest BCUT2D eigenvalue weighted by Crippen LogP contribution is -2.48. The molecule has 3 unspecified atom stereocenters. The van der Waals surface area contributed by atoms with Gasteiger partial charge < -0.3 is 9.84 Å². The van der Waals surface area contributed by atoms with E-state index in [-0.39, 0.29) is 5.41 Å². The summed E-state index contributed by atoms with van der Waals surface area (Å²) in [7, 11) is 0. The first kappa shape index (κ1) is 11.7. The SMILES string of the molecule is CC1(CO)CCCC2(C)C3=C(CCC12)COC3. The summed E-state index contributed by atoms with van der Waals surface area (Å²) in [5.74, 6) is 0.647. The van der Waals surface area contributed by atoms with Crippen LogP contribution in [0.5, 0.6) is 0 Å². The Morgan fingerprint density at radius 2 is 2.12 bits per heavy atom. The third kappa shape index (κ3) is 1.53. The first-order chi connectivity index (χ1) is 8.10. The number of hydrogen-bond acceptors (Lipinski definition) is 2. The molecule has 0 amide bonds. The number of fused-ring (bicyclic) bond motifs is 2. The van der Waals surface area contributed by atoms with E-state index in [1.165, 1.54) is 32.1 Å². The van der Waals surface area contributed by atoms with Gasteiger partial charge in [0.2, 0.25) is 0 Å². The topological polar surface area (TPSA) is 29.5 Å². The van der Waals surface area contributed by atoms with Crippen LogP contribution in [-0.2, 0) is 4.74 Å². The Bertz CT molecular complexity index is 360. The Morgan fingerprint density at radius 3 is 2.88 bits per heavy atom. The van der Waals surface area contributed by atoms with Gasteiger partial charge in [-0.25, -0.2) is 0 Å². The molecule has 1 aliphatic heterocycles. The van der Waals surface area contributed by atoms with Crippen LogP contribution in [-0.4, -0.2) is 24.9 Å². The van der Waals surface area contributed by atoms with Crippen molar-refractivity contribution >= 4 is 0 Å². The lowest BCUT2D eigenvalue weighted by atomic mass is 9.50. The Kier molecular flexibility index (Phi) is 2.64. The van der Waals surface area contributed by atoms with Gasteiger partial charge in [-0.1, -0.05) is 20.3 Å². The average Bonchev–Trinajstić information content (AvgIpc) is 2.78. The van der Waals surface area contributed by atoms with E-state index in [9.17, 15) is 5.11 Å². The highest BCUT2D eigenvalue weighted by molar-refractivity contribution is 5.31. The lowest BCUT2D eigenvalue weighted by molar-refractivity contribution is -0.0383. The maximum atomic E-state index is 9.80. The van der Waals surface area contributed by atoms with Crippen molar-refractivity contribution in [1.82, 2.24) is 0 Å². The summed E-state index contributed by atoms with van der Waals surface area (Å²) in [5.41, 5.74) is 3.60. The van der Waals surface area contributed by atoms with Crippen molar-refractivity contribution in [3.05, 3.63) is 11.1 Å². The van der Waals surface area contributed by atoms with Gasteiger partial charge in [-0.15, -0.1) is 0 Å². The van der Waals surface area contributed by atoms with Gasteiger partial charge in [0.15, 0.2) is 0 Å². The summed E-state index contributed by atoms with van der Waals surface area (Å²) in [6.45, 7) is 6.78. The minimum atomic E-state index is 0.133. The van der Waals surface area contributed by atoms with Gasteiger partial charge in [0.25, 0.3) is 0 Å². The van der Waals surface area contributed by atoms with E-state index in [4.69, 9.17) is 4.74 Å². The molecule has 0 aromatic rings. The van der Waals surface area contributed by atoms with Crippen molar-refractivity contribution in [3.63, 3.8) is 0 Å². The van der Waals surface area contributed by atoms with Crippen LogP contribution in [0.4, 0.5) is 0 Å². The molecule has 2 nitrogen and oxygen atoms in total. The van der Waals surface area contributed by atoms with Gasteiger partial charge in [0.1, 0.15) is 0 Å². The van der Waals surface area contributed by atoms with Crippen molar-refractivity contribution in [1.29, 1.82) is 0 Å². The maximum absolute atomic E-state index is 9.80. The second-order valence-corrected chi connectivity index (χ2v) is 6.75. The van der Waals surface area contributed by atoms with E-state index in [2.05, 4.69) is 13.8 Å². The molecule has 0 radical (unpaired) electrons. The molecule has 1 heterocycles. The molecule has 1 saturated carbocycles. The first-order valence-electron chi connectivity index (χ1n) is 7.00. The molecule has 3 aliphatic rings. The molecule has 0 bridgehead atoms. The largest absolute Gasteiger partial charge is 0.396 e.